The summed E-state index contributed by atoms with van der Waals surface area (Å²) >= 11 is 0. The van der Waals surface area contributed by atoms with Gasteiger partial charge in [0.2, 0.25) is 0 Å². The van der Waals surface area contributed by atoms with Gasteiger partial charge in [0.25, 0.3) is 0 Å². The summed E-state index contributed by atoms with van der Waals surface area (Å²) in [5.41, 5.74) is 3.69. The van der Waals surface area contributed by atoms with Crippen LogP contribution in [0.25, 0.3) is 0 Å². The Balaban J connectivity index is 1.37. The van der Waals surface area contributed by atoms with E-state index in [-0.39, 0.29) is 17.4 Å². The van der Waals surface area contributed by atoms with Crippen LogP contribution in [0.1, 0.15) is 98.1 Å². The zero-order valence-corrected chi connectivity index (χ0v) is 20.7. The highest BCUT2D eigenvalue weighted by atomic mass is 16.5. The highest BCUT2D eigenvalue weighted by molar-refractivity contribution is 5.89. The monoisotopic (exact) mass is 450 g/mol. The molecule has 0 radical (unpaired) electrons. The number of benzene rings is 2. The van der Waals surface area contributed by atoms with Crippen molar-refractivity contribution in [2.45, 2.75) is 71.6 Å². The molecule has 178 valence electrons. The van der Waals surface area contributed by atoms with E-state index in [1.54, 1.807) is 0 Å². The minimum absolute atomic E-state index is 0.0633. The van der Waals surface area contributed by atoms with Crippen LogP contribution in [-0.2, 0) is 14.9 Å². The molecule has 1 aliphatic rings. The van der Waals surface area contributed by atoms with E-state index >= 15 is 0 Å². The lowest BCUT2D eigenvalue weighted by Crippen LogP contribution is -2.24. The van der Waals surface area contributed by atoms with E-state index in [1.165, 1.54) is 11.1 Å². The van der Waals surface area contributed by atoms with Gasteiger partial charge in [-0.25, -0.2) is 9.59 Å². The molecule has 4 heteroatoms. The van der Waals surface area contributed by atoms with E-state index in [1.807, 2.05) is 48.5 Å². The van der Waals surface area contributed by atoms with Crippen molar-refractivity contribution >= 4 is 11.9 Å². The fourth-order valence-electron chi connectivity index (χ4n) is 4.23. The second-order valence-corrected chi connectivity index (χ2v) is 10.7. The van der Waals surface area contributed by atoms with Crippen molar-refractivity contribution in [1.82, 2.24) is 0 Å². The highest BCUT2D eigenvalue weighted by Gasteiger charge is 2.24. The number of ether oxygens (including phenoxy) is 2. The first-order valence-electron chi connectivity index (χ1n) is 12.2. The van der Waals surface area contributed by atoms with Crippen LogP contribution in [0, 0.1) is 11.8 Å². The molecule has 0 aliphatic heterocycles. The number of carbonyl (C=O) groups excluding carboxylic acids is 2. The number of hydrogen-bond acceptors (Lipinski definition) is 4. The van der Waals surface area contributed by atoms with Crippen molar-refractivity contribution < 1.29 is 19.1 Å². The van der Waals surface area contributed by atoms with Crippen LogP contribution >= 0.6 is 0 Å². The smallest absolute Gasteiger partial charge is 0.338 e. The summed E-state index contributed by atoms with van der Waals surface area (Å²) < 4.78 is 11.2. The lowest BCUT2D eigenvalue weighted by molar-refractivity contribution is 0.0297. The normalized spacial score (nSPS) is 18.7. The van der Waals surface area contributed by atoms with E-state index in [9.17, 15) is 9.59 Å². The quantitative estimate of drug-likeness (QED) is 0.429. The van der Waals surface area contributed by atoms with Crippen LogP contribution in [0.3, 0.4) is 0 Å². The molecular formula is C29H38O4. The summed E-state index contributed by atoms with van der Waals surface area (Å²) in [5, 5.41) is 0. The van der Waals surface area contributed by atoms with Crippen LogP contribution < -0.4 is 0 Å². The lowest BCUT2D eigenvalue weighted by atomic mass is 9.83. The number of carbonyl (C=O) groups is 2. The van der Waals surface area contributed by atoms with Gasteiger partial charge >= 0.3 is 11.9 Å². The Kier molecular flexibility index (Phi) is 8.34. The second kappa shape index (κ2) is 11.0. The molecule has 0 bridgehead atoms. The van der Waals surface area contributed by atoms with Crippen molar-refractivity contribution in [2.75, 3.05) is 13.2 Å². The van der Waals surface area contributed by atoms with Crippen LogP contribution in [0.5, 0.6) is 0 Å². The van der Waals surface area contributed by atoms with Crippen molar-refractivity contribution in [3.05, 3.63) is 70.8 Å². The molecule has 4 nitrogen and oxygen atoms in total. The number of esters is 2. The largest absolute Gasteiger partial charge is 0.462 e. The highest BCUT2D eigenvalue weighted by Crippen LogP contribution is 2.30. The molecule has 0 heterocycles. The van der Waals surface area contributed by atoms with Gasteiger partial charge < -0.3 is 9.47 Å². The van der Waals surface area contributed by atoms with E-state index in [0.717, 1.165) is 25.7 Å². The standard InChI is InChI=1S/C29H38O4/c1-20(2)23-10-12-24(13-11-23)27(30)32-18-21-6-8-22(9-7-21)19-33-28(31)25-14-16-26(17-15-25)29(3,4)5/h10-17,20-22H,6-9,18-19H2,1-5H3. The van der Waals surface area contributed by atoms with Gasteiger partial charge in [0.05, 0.1) is 24.3 Å². The van der Waals surface area contributed by atoms with Gasteiger partial charge in [-0.05, 0) is 84.2 Å². The lowest BCUT2D eigenvalue weighted by Gasteiger charge is -2.27. The molecule has 0 atom stereocenters. The first-order valence-corrected chi connectivity index (χ1v) is 12.2. The summed E-state index contributed by atoms with van der Waals surface area (Å²) in [7, 11) is 0. The molecule has 0 N–H and O–H groups in total. The number of rotatable bonds is 7. The molecule has 0 saturated heterocycles. The van der Waals surface area contributed by atoms with Crippen molar-refractivity contribution in [1.29, 1.82) is 0 Å². The molecular weight excluding hydrogens is 412 g/mol. The SMILES string of the molecule is CC(C)c1ccc(C(=O)OCC2CCC(COC(=O)c3ccc(C(C)(C)C)cc3)CC2)cc1. The molecule has 0 aromatic heterocycles. The Morgan fingerprint density at radius 2 is 1.15 bits per heavy atom. The van der Waals surface area contributed by atoms with Crippen LogP contribution in [0.2, 0.25) is 0 Å². The molecule has 0 unspecified atom stereocenters. The summed E-state index contributed by atoms with van der Waals surface area (Å²) in [6.45, 7) is 11.6. The maximum absolute atomic E-state index is 12.4. The van der Waals surface area contributed by atoms with Crippen LogP contribution in [-0.4, -0.2) is 25.2 Å². The summed E-state index contributed by atoms with van der Waals surface area (Å²) in [6.07, 6.45) is 3.95. The average molecular weight is 451 g/mol. The minimum Gasteiger partial charge on any atom is -0.462 e. The van der Waals surface area contributed by atoms with Gasteiger partial charge in [0.1, 0.15) is 0 Å². The maximum atomic E-state index is 12.4. The van der Waals surface area contributed by atoms with E-state index < -0.39 is 0 Å². The molecule has 2 aromatic rings. The Bertz CT molecular complexity index is 912. The second-order valence-electron chi connectivity index (χ2n) is 10.7. The van der Waals surface area contributed by atoms with Gasteiger partial charge in [-0.2, -0.15) is 0 Å². The van der Waals surface area contributed by atoms with Gasteiger partial charge in [0.15, 0.2) is 0 Å². The van der Waals surface area contributed by atoms with E-state index in [0.29, 0.717) is 42.1 Å². The predicted octanol–water partition coefficient (Wildman–Crippen LogP) is 6.93. The topological polar surface area (TPSA) is 52.6 Å². The van der Waals surface area contributed by atoms with Crippen LogP contribution in [0.4, 0.5) is 0 Å². The van der Waals surface area contributed by atoms with Crippen molar-refractivity contribution in [2.24, 2.45) is 11.8 Å². The van der Waals surface area contributed by atoms with Gasteiger partial charge in [-0.3, -0.25) is 0 Å². The molecule has 1 saturated carbocycles. The molecule has 1 fully saturated rings. The molecule has 0 spiro atoms. The summed E-state index contributed by atoms with van der Waals surface area (Å²) in [4.78, 5) is 24.7. The molecule has 3 rings (SSSR count). The summed E-state index contributed by atoms with van der Waals surface area (Å²) in [6, 6.07) is 15.4. The van der Waals surface area contributed by atoms with Gasteiger partial charge in [-0.1, -0.05) is 58.9 Å². The zero-order chi connectivity index (χ0) is 24.0. The predicted molar refractivity (Wildman–Crippen MR) is 132 cm³/mol. The summed E-state index contributed by atoms with van der Waals surface area (Å²) in [5.74, 6) is 0.687. The Morgan fingerprint density at radius 3 is 1.52 bits per heavy atom. The molecule has 33 heavy (non-hydrogen) atoms. The zero-order valence-electron chi connectivity index (χ0n) is 20.7. The van der Waals surface area contributed by atoms with Gasteiger partial charge in [0, 0.05) is 0 Å². The van der Waals surface area contributed by atoms with Gasteiger partial charge in [-0.15, -0.1) is 0 Å². The third-order valence-electron chi connectivity index (χ3n) is 6.67. The number of hydrogen-bond donors (Lipinski definition) is 0. The first kappa shape index (κ1) is 25.0. The van der Waals surface area contributed by atoms with E-state index in [4.69, 9.17) is 9.47 Å². The molecule has 2 aromatic carbocycles. The van der Waals surface area contributed by atoms with Crippen molar-refractivity contribution in [3.8, 4) is 0 Å². The Morgan fingerprint density at radius 1 is 0.758 bits per heavy atom. The average Bonchev–Trinajstić information content (AvgIpc) is 2.81. The van der Waals surface area contributed by atoms with E-state index in [2.05, 4.69) is 34.6 Å². The molecule has 0 amide bonds. The third kappa shape index (κ3) is 7.18. The first-order chi connectivity index (χ1) is 15.6. The third-order valence-corrected chi connectivity index (χ3v) is 6.67. The maximum Gasteiger partial charge on any atom is 0.338 e. The fraction of sp³-hybridized carbons (Fsp3) is 0.517. The van der Waals surface area contributed by atoms with Crippen LogP contribution in [0.15, 0.2) is 48.5 Å². The Hall–Kier alpha value is -2.62. The minimum atomic E-state index is -0.255. The Labute approximate surface area is 198 Å². The molecule has 1 aliphatic carbocycles. The van der Waals surface area contributed by atoms with Crippen molar-refractivity contribution in [3.63, 3.8) is 0 Å². The fourth-order valence-corrected chi connectivity index (χ4v) is 4.23.